The summed E-state index contributed by atoms with van der Waals surface area (Å²) in [5.41, 5.74) is 2.38. The van der Waals surface area contributed by atoms with Gasteiger partial charge in [-0.15, -0.1) is 0 Å². The van der Waals surface area contributed by atoms with Crippen molar-refractivity contribution in [3.63, 3.8) is 0 Å². The highest BCUT2D eigenvalue weighted by atomic mass is 16.5. The number of methoxy groups -OCH3 is 2. The molecule has 5 heteroatoms. The number of hydrogen-bond donors (Lipinski definition) is 1. The second kappa shape index (κ2) is 7.54. The number of carbonyl (C=O) groups is 1. The average molecular weight is 316 g/mol. The first kappa shape index (κ1) is 16.7. The van der Waals surface area contributed by atoms with E-state index in [1.807, 2.05) is 24.3 Å². The van der Waals surface area contributed by atoms with Crippen molar-refractivity contribution in [3.8, 4) is 17.2 Å². The number of benzene rings is 2. The molecule has 5 nitrogen and oxygen atoms in total. The molecule has 0 spiro atoms. The van der Waals surface area contributed by atoms with Crippen LogP contribution in [0.15, 0.2) is 36.4 Å². The van der Waals surface area contributed by atoms with E-state index in [4.69, 9.17) is 14.2 Å². The number of carbonyl (C=O) groups excluding carboxylic acids is 1. The Hall–Kier alpha value is -2.69. The Balaban J connectivity index is 2.24. The molecule has 0 aromatic heterocycles. The van der Waals surface area contributed by atoms with Gasteiger partial charge in [0.2, 0.25) is 0 Å². The van der Waals surface area contributed by atoms with E-state index in [-0.39, 0.29) is 18.3 Å². The number of esters is 1. The van der Waals surface area contributed by atoms with Crippen LogP contribution in [0.4, 0.5) is 0 Å². The number of aromatic hydroxyl groups is 1. The molecule has 0 fully saturated rings. The predicted octanol–water partition coefficient (Wildman–Crippen LogP) is 3.06. The standard InChI is InChI=1S/C18H20O5/c1-12(19)23-11-14-9-17(20)16(18(10-14)22-3)8-13-4-6-15(21-2)7-5-13/h4-7,9-10,20H,8,11H2,1-3H3. The van der Waals surface area contributed by atoms with Gasteiger partial charge in [-0.25, -0.2) is 0 Å². The summed E-state index contributed by atoms with van der Waals surface area (Å²) >= 11 is 0. The monoisotopic (exact) mass is 316 g/mol. The lowest BCUT2D eigenvalue weighted by Crippen LogP contribution is -2.01. The number of phenolic OH excluding ortho intramolecular Hbond substituents is 1. The molecular weight excluding hydrogens is 296 g/mol. The van der Waals surface area contributed by atoms with Crippen LogP contribution in [0.3, 0.4) is 0 Å². The fraction of sp³-hybridized carbons (Fsp3) is 0.278. The van der Waals surface area contributed by atoms with E-state index >= 15 is 0 Å². The predicted molar refractivity (Wildman–Crippen MR) is 85.9 cm³/mol. The van der Waals surface area contributed by atoms with Crippen LogP contribution in [0.1, 0.15) is 23.6 Å². The van der Waals surface area contributed by atoms with Gasteiger partial charge in [0.05, 0.1) is 14.2 Å². The molecule has 0 aliphatic carbocycles. The van der Waals surface area contributed by atoms with Gasteiger partial charge in [0.25, 0.3) is 0 Å². The molecule has 0 aliphatic rings. The van der Waals surface area contributed by atoms with Crippen LogP contribution in [0.25, 0.3) is 0 Å². The normalized spacial score (nSPS) is 10.2. The molecule has 1 N–H and O–H groups in total. The first-order chi connectivity index (χ1) is 11.0. The van der Waals surface area contributed by atoms with Gasteiger partial charge >= 0.3 is 5.97 Å². The molecule has 0 amide bonds. The van der Waals surface area contributed by atoms with E-state index in [2.05, 4.69) is 0 Å². The molecule has 0 unspecified atom stereocenters. The van der Waals surface area contributed by atoms with Crippen LogP contribution in [0.2, 0.25) is 0 Å². The summed E-state index contributed by atoms with van der Waals surface area (Å²) in [6, 6.07) is 11.0. The highest BCUT2D eigenvalue weighted by Crippen LogP contribution is 2.32. The summed E-state index contributed by atoms with van der Waals surface area (Å²) in [7, 11) is 3.16. The minimum atomic E-state index is -0.370. The van der Waals surface area contributed by atoms with E-state index in [9.17, 15) is 9.90 Å². The van der Waals surface area contributed by atoms with Crippen molar-refractivity contribution >= 4 is 5.97 Å². The zero-order valence-electron chi connectivity index (χ0n) is 13.5. The lowest BCUT2D eigenvalue weighted by Gasteiger charge is -2.13. The molecule has 2 aromatic rings. The lowest BCUT2D eigenvalue weighted by molar-refractivity contribution is -0.142. The van der Waals surface area contributed by atoms with Gasteiger partial charge in [0, 0.05) is 18.9 Å². The first-order valence-corrected chi connectivity index (χ1v) is 7.18. The second-order valence-corrected chi connectivity index (χ2v) is 5.10. The highest BCUT2D eigenvalue weighted by molar-refractivity contribution is 5.66. The van der Waals surface area contributed by atoms with Crippen molar-refractivity contribution in [2.45, 2.75) is 20.0 Å². The highest BCUT2D eigenvalue weighted by Gasteiger charge is 2.13. The summed E-state index contributed by atoms with van der Waals surface area (Å²) in [4.78, 5) is 10.9. The van der Waals surface area contributed by atoms with Crippen molar-refractivity contribution in [3.05, 3.63) is 53.1 Å². The zero-order valence-corrected chi connectivity index (χ0v) is 13.5. The Morgan fingerprint density at radius 1 is 1.04 bits per heavy atom. The van der Waals surface area contributed by atoms with Crippen molar-refractivity contribution in [2.75, 3.05) is 14.2 Å². The van der Waals surface area contributed by atoms with Gasteiger partial charge in [-0.05, 0) is 35.4 Å². The van der Waals surface area contributed by atoms with Crippen LogP contribution >= 0.6 is 0 Å². The second-order valence-electron chi connectivity index (χ2n) is 5.10. The third-order valence-corrected chi connectivity index (χ3v) is 3.45. The van der Waals surface area contributed by atoms with E-state index in [0.29, 0.717) is 23.3 Å². The summed E-state index contributed by atoms with van der Waals surface area (Å²) < 4.78 is 15.4. The molecule has 0 aliphatic heterocycles. The molecule has 0 bridgehead atoms. The van der Waals surface area contributed by atoms with Crippen LogP contribution < -0.4 is 9.47 Å². The number of rotatable bonds is 6. The number of hydrogen-bond acceptors (Lipinski definition) is 5. The van der Waals surface area contributed by atoms with Crippen molar-refractivity contribution in [1.82, 2.24) is 0 Å². The Labute approximate surface area is 135 Å². The fourth-order valence-corrected chi connectivity index (χ4v) is 2.26. The lowest BCUT2D eigenvalue weighted by atomic mass is 10.0. The Morgan fingerprint density at radius 2 is 1.74 bits per heavy atom. The smallest absolute Gasteiger partial charge is 0.302 e. The average Bonchev–Trinajstić information content (AvgIpc) is 2.55. The van der Waals surface area contributed by atoms with E-state index < -0.39 is 0 Å². The Morgan fingerprint density at radius 3 is 2.30 bits per heavy atom. The minimum absolute atomic E-state index is 0.0993. The summed E-state index contributed by atoms with van der Waals surface area (Å²) in [5.74, 6) is 1.08. The SMILES string of the molecule is COc1ccc(Cc2c(O)cc(COC(C)=O)cc2OC)cc1. The van der Waals surface area contributed by atoms with Gasteiger partial charge < -0.3 is 19.3 Å². The van der Waals surface area contributed by atoms with Gasteiger partial charge in [0.15, 0.2) is 0 Å². The van der Waals surface area contributed by atoms with Gasteiger partial charge in [-0.2, -0.15) is 0 Å². The molecule has 2 aromatic carbocycles. The molecule has 0 saturated carbocycles. The van der Waals surface area contributed by atoms with Crippen molar-refractivity contribution in [2.24, 2.45) is 0 Å². The molecule has 2 rings (SSSR count). The maximum absolute atomic E-state index is 10.9. The minimum Gasteiger partial charge on any atom is -0.508 e. The van der Waals surface area contributed by atoms with Gasteiger partial charge in [-0.1, -0.05) is 12.1 Å². The summed E-state index contributed by atoms with van der Waals surface area (Å²) in [5, 5.41) is 10.3. The molecule has 0 atom stereocenters. The van der Waals surface area contributed by atoms with Crippen LogP contribution in [0.5, 0.6) is 17.2 Å². The fourth-order valence-electron chi connectivity index (χ4n) is 2.26. The van der Waals surface area contributed by atoms with E-state index in [1.54, 1.807) is 26.4 Å². The van der Waals surface area contributed by atoms with Crippen molar-refractivity contribution in [1.29, 1.82) is 0 Å². The maximum Gasteiger partial charge on any atom is 0.302 e. The van der Waals surface area contributed by atoms with Crippen LogP contribution in [-0.2, 0) is 22.6 Å². The molecular formula is C18H20O5. The zero-order chi connectivity index (χ0) is 16.8. The van der Waals surface area contributed by atoms with Crippen LogP contribution in [-0.4, -0.2) is 25.3 Å². The number of ether oxygens (including phenoxy) is 3. The van der Waals surface area contributed by atoms with Crippen LogP contribution in [0, 0.1) is 0 Å². The molecule has 122 valence electrons. The van der Waals surface area contributed by atoms with Gasteiger partial charge in [-0.3, -0.25) is 4.79 Å². The van der Waals surface area contributed by atoms with E-state index in [0.717, 1.165) is 11.3 Å². The Kier molecular flexibility index (Phi) is 5.46. The summed E-state index contributed by atoms with van der Waals surface area (Å²) in [6.45, 7) is 1.44. The van der Waals surface area contributed by atoms with Crippen molar-refractivity contribution < 1.29 is 24.1 Å². The first-order valence-electron chi connectivity index (χ1n) is 7.18. The third-order valence-electron chi connectivity index (χ3n) is 3.45. The largest absolute Gasteiger partial charge is 0.508 e. The van der Waals surface area contributed by atoms with Gasteiger partial charge in [0.1, 0.15) is 23.9 Å². The van der Waals surface area contributed by atoms with E-state index in [1.165, 1.54) is 6.92 Å². The molecule has 0 saturated heterocycles. The quantitative estimate of drug-likeness (QED) is 0.830. The molecule has 0 heterocycles. The summed E-state index contributed by atoms with van der Waals surface area (Å²) in [6.07, 6.45) is 0.521. The molecule has 23 heavy (non-hydrogen) atoms. The molecule has 0 radical (unpaired) electrons. The maximum atomic E-state index is 10.9. The number of phenols is 1. The topological polar surface area (TPSA) is 65.0 Å². The Bertz CT molecular complexity index is 677. The third kappa shape index (κ3) is 4.39.